The van der Waals surface area contributed by atoms with E-state index in [0.29, 0.717) is 43.9 Å². The number of hydrogen-bond acceptors (Lipinski definition) is 7. The summed E-state index contributed by atoms with van der Waals surface area (Å²) < 4.78 is 19.0. The van der Waals surface area contributed by atoms with Crippen molar-refractivity contribution in [3.63, 3.8) is 0 Å². The second-order valence-electron chi connectivity index (χ2n) is 13.9. The molecule has 0 N–H and O–H groups in total. The summed E-state index contributed by atoms with van der Waals surface area (Å²) in [5, 5.41) is 9.19. The van der Waals surface area contributed by atoms with Gasteiger partial charge in [-0.2, -0.15) is 5.26 Å². The van der Waals surface area contributed by atoms with E-state index in [9.17, 15) is 14.9 Å². The van der Waals surface area contributed by atoms with Gasteiger partial charge in [0.05, 0.1) is 17.7 Å². The highest BCUT2D eigenvalue weighted by molar-refractivity contribution is 6.74. The highest BCUT2D eigenvalue weighted by atomic mass is 28.4. The zero-order chi connectivity index (χ0) is 30.0. The number of carbonyl (C=O) groups is 2. The fourth-order valence-electron chi connectivity index (χ4n) is 5.44. The first kappa shape index (κ1) is 32.1. The van der Waals surface area contributed by atoms with Gasteiger partial charge in [-0.25, -0.2) is 4.79 Å². The molecule has 2 saturated heterocycles. The van der Waals surface area contributed by atoms with Crippen molar-refractivity contribution in [1.82, 2.24) is 9.80 Å². The number of Topliss-reactive ketones (excluding diaryl/α,β-unsaturated/α-hetero) is 1. The first-order valence-corrected chi connectivity index (χ1v) is 17.5. The molecule has 1 aromatic rings. The Kier molecular flexibility index (Phi) is 9.81. The third-order valence-electron chi connectivity index (χ3n) is 8.66. The van der Waals surface area contributed by atoms with Gasteiger partial charge in [-0.05, 0) is 81.9 Å². The number of carbonyl (C=O) groups excluding carboxylic acids is 2. The van der Waals surface area contributed by atoms with Gasteiger partial charge in [0.15, 0.2) is 8.32 Å². The highest BCUT2D eigenvalue weighted by Crippen LogP contribution is 2.40. The molecule has 2 heterocycles. The van der Waals surface area contributed by atoms with Crippen LogP contribution in [0.15, 0.2) is 24.3 Å². The molecule has 4 atom stereocenters. The van der Waals surface area contributed by atoms with Gasteiger partial charge in [0, 0.05) is 38.5 Å². The number of amides is 1. The summed E-state index contributed by atoms with van der Waals surface area (Å²) in [5.74, 6) is 0.888. The Morgan fingerprint density at radius 1 is 1.02 bits per heavy atom. The third-order valence-corrected chi connectivity index (χ3v) is 13.1. The summed E-state index contributed by atoms with van der Waals surface area (Å²) in [6.45, 7) is 23.1. The van der Waals surface area contributed by atoms with Gasteiger partial charge in [-0.3, -0.25) is 9.69 Å². The minimum absolute atomic E-state index is 0.00996. The van der Waals surface area contributed by atoms with Crippen LogP contribution in [0.3, 0.4) is 0 Å². The molecule has 2 aliphatic heterocycles. The lowest BCUT2D eigenvalue weighted by Crippen LogP contribution is -2.64. The van der Waals surface area contributed by atoms with Crippen LogP contribution >= 0.6 is 0 Å². The fourth-order valence-corrected chi connectivity index (χ4v) is 6.62. The molecule has 40 heavy (non-hydrogen) atoms. The zero-order valence-corrected chi connectivity index (χ0v) is 27.1. The van der Waals surface area contributed by atoms with E-state index in [1.807, 2.05) is 39.8 Å². The van der Waals surface area contributed by atoms with Crippen LogP contribution in [0.1, 0.15) is 67.4 Å². The molecular formula is C31H49N3O5Si. The maximum Gasteiger partial charge on any atom is 0.410 e. The molecule has 0 aliphatic carbocycles. The quantitative estimate of drug-likeness (QED) is 0.276. The van der Waals surface area contributed by atoms with E-state index in [1.54, 1.807) is 17.0 Å². The predicted molar refractivity (Wildman–Crippen MR) is 158 cm³/mol. The minimum atomic E-state index is -2.21. The summed E-state index contributed by atoms with van der Waals surface area (Å²) in [5.41, 5.74) is 0.00667. The second kappa shape index (κ2) is 12.2. The normalized spacial score (nSPS) is 23.6. The van der Waals surface area contributed by atoms with Crippen molar-refractivity contribution in [3.8, 4) is 11.8 Å². The number of nitriles is 1. The molecule has 0 radical (unpaired) electrons. The van der Waals surface area contributed by atoms with Crippen LogP contribution in [0.25, 0.3) is 0 Å². The van der Waals surface area contributed by atoms with Crippen LogP contribution in [0.4, 0.5) is 4.79 Å². The Bertz CT molecular complexity index is 1070. The number of ether oxygens (including phenoxy) is 2. The van der Waals surface area contributed by atoms with Crippen molar-refractivity contribution >= 4 is 20.2 Å². The van der Waals surface area contributed by atoms with Gasteiger partial charge >= 0.3 is 6.09 Å². The maximum absolute atomic E-state index is 13.1. The number of rotatable bonds is 8. The largest absolute Gasteiger partial charge is 0.464 e. The summed E-state index contributed by atoms with van der Waals surface area (Å²) in [7, 11) is -2.21. The molecule has 2 aliphatic rings. The molecule has 9 heteroatoms. The lowest BCUT2D eigenvalue weighted by Gasteiger charge is -2.52. The molecule has 222 valence electrons. The number of ketones is 1. The van der Waals surface area contributed by atoms with Gasteiger partial charge in [0.25, 0.3) is 0 Å². The summed E-state index contributed by atoms with van der Waals surface area (Å²) in [6.07, 6.45) is -0.344. The van der Waals surface area contributed by atoms with Crippen molar-refractivity contribution in [2.24, 2.45) is 17.8 Å². The van der Waals surface area contributed by atoms with Gasteiger partial charge < -0.3 is 18.8 Å². The number of hydrogen-bond donors (Lipinski definition) is 0. The number of likely N-dealkylation sites (tertiary alicyclic amines) is 2. The van der Waals surface area contributed by atoms with E-state index < -0.39 is 20.2 Å². The molecule has 2 fully saturated rings. The van der Waals surface area contributed by atoms with Crippen molar-refractivity contribution in [2.45, 2.75) is 97.9 Å². The molecule has 1 aromatic carbocycles. The van der Waals surface area contributed by atoms with E-state index in [1.165, 1.54) is 0 Å². The van der Waals surface area contributed by atoms with Crippen LogP contribution in [0.2, 0.25) is 18.1 Å². The Balaban J connectivity index is 1.86. The second-order valence-corrected chi connectivity index (χ2v) is 18.7. The average molecular weight is 572 g/mol. The van der Waals surface area contributed by atoms with Crippen LogP contribution < -0.4 is 4.74 Å². The third kappa shape index (κ3) is 7.65. The fraction of sp³-hybridized carbons (Fsp3) is 0.710. The smallest absolute Gasteiger partial charge is 0.410 e. The number of piperidine rings is 2. The standard InChI is InChI=1S/C31H49N3O5Si/c1-11-26(35)27-23-17-33(18-24(27)20-34(19-23)29(36)38-30(3,4)5)21(2)28(39-40(9,10)31(6,7)8)37-25-14-12-22(16-32)13-15-25/h12-15,21,23-24,27-28H,11,17-20H2,1-10H3. The Hall–Kier alpha value is -2.41. The maximum atomic E-state index is 13.1. The summed E-state index contributed by atoms with van der Waals surface area (Å²) >= 11 is 0. The lowest BCUT2D eigenvalue weighted by atomic mass is 9.71. The molecule has 4 unspecified atom stereocenters. The van der Waals surface area contributed by atoms with Crippen molar-refractivity contribution in [1.29, 1.82) is 5.26 Å². The van der Waals surface area contributed by atoms with Crippen molar-refractivity contribution in [2.75, 3.05) is 26.2 Å². The Labute approximate surface area is 242 Å². The van der Waals surface area contributed by atoms with E-state index >= 15 is 0 Å². The van der Waals surface area contributed by atoms with E-state index in [4.69, 9.17) is 13.9 Å². The molecule has 2 bridgehead atoms. The van der Waals surface area contributed by atoms with E-state index in [0.717, 1.165) is 0 Å². The first-order chi connectivity index (χ1) is 18.5. The first-order valence-electron chi connectivity index (χ1n) is 14.5. The highest BCUT2D eigenvalue weighted by Gasteiger charge is 2.49. The predicted octanol–water partition coefficient (Wildman–Crippen LogP) is 6.07. The van der Waals surface area contributed by atoms with Gasteiger partial charge in [-0.1, -0.05) is 27.7 Å². The summed E-state index contributed by atoms with van der Waals surface area (Å²) in [4.78, 5) is 30.2. The topological polar surface area (TPSA) is 92.1 Å². The van der Waals surface area contributed by atoms with Gasteiger partial charge in [0.1, 0.15) is 17.1 Å². The van der Waals surface area contributed by atoms with Crippen molar-refractivity contribution in [3.05, 3.63) is 29.8 Å². The molecular weight excluding hydrogens is 522 g/mol. The lowest BCUT2D eigenvalue weighted by molar-refractivity contribution is -0.138. The number of nitrogens with zero attached hydrogens (tertiary/aromatic N) is 3. The molecule has 3 rings (SSSR count). The van der Waals surface area contributed by atoms with Crippen LogP contribution in [0.5, 0.6) is 5.75 Å². The van der Waals surface area contributed by atoms with Crippen molar-refractivity contribution < 1.29 is 23.5 Å². The van der Waals surface area contributed by atoms with Gasteiger partial charge in [-0.15, -0.1) is 0 Å². The van der Waals surface area contributed by atoms with E-state index in [-0.39, 0.29) is 40.7 Å². The number of fused-ring (bicyclic) bond motifs is 2. The molecule has 8 nitrogen and oxygen atoms in total. The van der Waals surface area contributed by atoms with Crippen LogP contribution in [0, 0.1) is 29.1 Å². The monoisotopic (exact) mass is 571 g/mol. The SMILES string of the molecule is CCC(=O)C1C2CN(C(=O)OC(C)(C)C)CC1CN(C(C)C(Oc1ccc(C#N)cc1)O[Si](C)(C)C(C)(C)C)C2. The molecule has 1 amide bonds. The average Bonchev–Trinajstić information content (AvgIpc) is 2.84. The van der Waals surface area contributed by atoms with Crippen LogP contribution in [-0.4, -0.2) is 74.1 Å². The van der Waals surface area contributed by atoms with Gasteiger partial charge in [0.2, 0.25) is 6.29 Å². The summed E-state index contributed by atoms with van der Waals surface area (Å²) in [6, 6.07) is 9.18. The molecule has 0 saturated carbocycles. The Morgan fingerprint density at radius 3 is 2.02 bits per heavy atom. The van der Waals surface area contributed by atoms with E-state index in [2.05, 4.69) is 51.8 Å². The Morgan fingerprint density at radius 2 is 1.57 bits per heavy atom. The molecule has 0 spiro atoms. The zero-order valence-electron chi connectivity index (χ0n) is 26.1. The minimum Gasteiger partial charge on any atom is -0.464 e. The molecule has 0 aromatic heterocycles. The van der Waals surface area contributed by atoms with Crippen LogP contribution in [-0.2, 0) is 14.0 Å². The number of benzene rings is 1.